The molecule has 0 unspecified atom stereocenters. The Morgan fingerprint density at radius 2 is 1.57 bits per heavy atom. The standard InChI is InChI=1S/C26H23N2O.C11H8N.Ir/c1-16-14-28-23(12-18(16)13-26(2,3)4)22-7-5-6-20-21-9-8-17-15-27-11-10-19(17)24(21)29-25(20)22;1-2-6-10(7-3-1)11-8-4-5-9-12-11;/h5-6,8-12,14-15H,13H2,1-4H3;1-6,8-9H;/q2*-1;. The van der Waals surface area contributed by atoms with Gasteiger partial charge in [-0.1, -0.05) is 67.6 Å². The molecular formula is C37H31IrN3O-2. The molecule has 0 N–H and O–H groups in total. The molecule has 0 aliphatic carbocycles. The van der Waals surface area contributed by atoms with Crippen LogP contribution in [0, 0.1) is 24.5 Å². The SMILES string of the molecule is Cc1cnc(-c2[c-]ccc3c2oc2c4ccncc4ccc32)cc1CC(C)(C)C.[Ir].[c-]1ccccc1-c1ccccn1. The molecule has 211 valence electrons. The second kappa shape index (κ2) is 12.4. The summed E-state index contributed by atoms with van der Waals surface area (Å²) in [7, 11) is 0. The van der Waals surface area contributed by atoms with Crippen molar-refractivity contribution in [3.8, 4) is 22.5 Å². The Kier molecular flexibility index (Phi) is 8.63. The second-order valence-corrected chi connectivity index (χ2v) is 11.5. The number of rotatable bonds is 3. The molecule has 0 amide bonds. The van der Waals surface area contributed by atoms with E-state index >= 15 is 0 Å². The van der Waals surface area contributed by atoms with Crippen LogP contribution in [0.5, 0.6) is 0 Å². The predicted molar refractivity (Wildman–Crippen MR) is 167 cm³/mol. The van der Waals surface area contributed by atoms with Crippen LogP contribution in [0.25, 0.3) is 55.2 Å². The van der Waals surface area contributed by atoms with Crippen LogP contribution in [-0.4, -0.2) is 15.0 Å². The van der Waals surface area contributed by atoms with E-state index in [1.165, 1.54) is 11.1 Å². The molecule has 4 heterocycles. The molecule has 1 radical (unpaired) electrons. The number of aromatic nitrogens is 3. The Morgan fingerprint density at radius 3 is 2.33 bits per heavy atom. The van der Waals surface area contributed by atoms with Gasteiger partial charge in [-0.15, -0.1) is 54.1 Å². The number of aryl methyl sites for hydroxylation is 1. The van der Waals surface area contributed by atoms with Crippen molar-refractivity contribution in [2.45, 2.75) is 34.1 Å². The zero-order valence-corrected chi connectivity index (χ0v) is 26.5. The van der Waals surface area contributed by atoms with Crippen LogP contribution < -0.4 is 0 Å². The van der Waals surface area contributed by atoms with Gasteiger partial charge in [-0.05, 0) is 47.8 Å². The van der Waals surface area contributed by atoms with Crippen LogP contribution in [0.1, 0.15) is 31.9 Å². The van der Waals surface area contributed by atoms with Crippen LogP contribution in [0.3, 0.4) is 0 Å². The molecule has 0 saturated heterocycles. The summed E-state index contributed by atoms with van der Waals surface area (Å²) in [6, 6.07) is 32.6. The van der Waals surface area contributed by atoms with Crippen LogP contribution >= 0.6 is 0 Å². The van der Waals surface area contributed by atoms with Gasteiger partial charge >= 0.3 is 0 Å². The van der Waals surface area contributed by atoms with E-state index in [-0.39, 0.29) is 25.5 Å². The Morgan fingerprint density at radius 1 is 0.738 bits per heavy atom. The topological polar surface area (TPSA) is 51.8 Å². The molecule has 0 spiro atoms. The first-order valence-corrected chi connectivity index (χ1v) is 13.8. The van der Waals surface area contributed by atoms with Crippen molar-refractivity contribution < 1.29 is 24.5 Å². The molecule has 42 heavy (non-hydrogen) atoms. The number of hydrogen-bond acceptors (Lipinski definition) is 4. The third-order valence-electron chi connectivity index (χ3n) is 7.06. The van der Waals surface area contributed by atoms with E-state index in [1.54, 1.807) is 6.20 Å². The van der Waals surface area contributed by atoms with E-state index in [4.69, 9.17) is 9.40 Å². The average Bonchev–Trinajstić information content (AvgIpc) is 3.38. The van der Waals surface area contributed by atoms with Gasteiger partial charge in [-0.25, -0.2) is 0 Å². The van der Waals surface area contributed by atoms with Gasteiger partial charge < -0.3 is 14.4 Å². The molecule has 7 aromatic rings. The number of furan rings is 1. The zero-order valence-electron chi connectivity index (χ0n) is 24.1. The van der Waals surface area contributed by atoms with Crippen molar-refractivity contribution in [2.75, 3.05) is 0 Å². The van der Waals surface area contributed by atoms with Gasteiger partial charge in [0.2, 0.25) is 0 Å². The summed E-state index contributed by atoms with van der Waals surface area (Å²) in [5.41, 5.74) is 8.32. The number of fused-ring (bicyclic) bond motifs is 5. The van der Waals surface area contributed by atoms with Crippen molar-refractivity contribution in [3.05, 3.63) is 127 Å². The van der Waals surface area contributed by atoms with E-state index in [0.29, 0.717) is 0 Å². The number of nitrogens with zero attached hydrogens (tertiary/aromatic N) is 3. The quantitative estimate of drug-likeness (QED) is 0.171. The minimum absolute atomic E-state index is 0. The summed E-state index contributed by atoms with van der Waals surface area (Å²) < 4.78 is 6.42. The monoisotopic (exact) mass is 726 g/mol. The third kappa shape index (κ3) is 6.18. The van der Waals surface area contributed by atoms with Crippen LogP contribution in [-0.2, 0) is 26.5 Å². The largest absolute Gasteiger partial charge is 0.500 e. The van der Waals surface area contributed by atoms with Crippen molar-refractivity contribution in [3.63, 3.8) is 0 Å². The molecule has 3 aromatic carbocycles. The van der Waals surface area contributed by atoms with E-state index in [0.717, 1.165) is 61.6 Å². The van der Waals surface area contributed by atoms with Gasteiger partial charge in [0.25, 0.3) is 0 Å². The number of pyridine rings is 3. The van der Waals surface area contributed by atoms with E-state index in [1.807, 2.05) is 73.2 Å². The summed E-state index contributed by atoms with van der Waals surface area (Å²) in [6.45, 7) is 8.92. The molecule has 0 bridgehead atoms. The van der Waals surface area contributed by atoms with Crippen LogP contribution in [0.15, 0.2) is 108 Å². The molecule has 0 saturated carbocycles. The molecule has 4 nitrogen and oxygen atoms in total. The molecule has 7 rings (SSSR count). The number of benzene rings is 3. The second-order valence-electron chi connectivity index (χ2n) is 11.5. The van der Waals surface area contributed by atoms with Gasteiger partial charge in [-0.2, -0.15) is 0 Å². The Balaban J connectivity index is 0.000000228. The first-order chi connectivity index (χ1) is 19.9. The predicted octanol–water partition coefficient (Wildman–Crippen LogP) is 9.44. The fourth-order valence-corrected chi connectivity index (χ4v) is 5.10. The molecular weight excluding hydrogens is 695 g/mol. The Hall–Kier alpha value is -4.18. The van der Waals surface area contributed by atoms with E-state index < -0.39 is 0 Å². The maximum Gasteiger partial charge on any atom is 0.128 e. The van der Waals surface area contributed by atoms with Crippen LogP contribution in [0.2, 0.25) is 0 Å². The first-order valence-electron chi connectivity index (χ1n) is 13.8. The maximum atomic E-state index is 6.42. The minimum atomic E-state index is 0. The van der Waals surface area contributed by atoms with Gasteiger partial charge in [0.1, 0.15) is 5.58 Å². The molecule has 4 aromatic heterocycles. The minimum Gasteiger partial charge on any atom is -0.500 e. The summed E-state index contributed by atoms with van der Waals surface area (Å²) in [5, 5.41) is 4.35. The Bertz CT molecular complexity index is 1920. The van der Waals surface area contributed by atoms with Crippen molar-refractivity contribution in [2.24, 2.45) is 5.41 Å². The average molecular weight is 726 g/mol. The molecule has 5 heteroatoms. The zero-order chi connectivity index (χ0) is 28.4. The normalized spacial score (nSPS) is 11.2. The van der Waals surface area contributed by atoms with Crippen LogP contribution in [0.4, 0.5) is 0 Å². The summed E-state index contributed by atoms with van der Waals surface area (Å²) >= 11 is 0. The van der Waals surface area contributed by atoms with Crippen molar-refractivity contribution >= 4 is 32.7 Å². The van der Waals surface area contributed by atoms with E-state index in [2.05, 4.69) is 74.1 Å². The molecule has 0 atom stereocenters. The van der Waals surface area contributed by atoms with Crippen molar-refractivity contribution in [1.82, 2.24) is 15.0 Å². The van der Waals surface area contributed by atoms with Gasteiger partial charge in [-0.3, -0.25) is 4.98 Å². The number of hydrogen-bond donors (Lipinski definition) is 0. The summed E-state index contributed by atoms with van der Waals surface area (Å²) in [4.78, 5) is 13.2. The summed E-state index contributed by atoms with van der Waals surface area (Å²) in [5.74, 6) is 0. The van der Waals surface area contributed by atoms with E-state index in [9.17, 15) is 0 Å². The van der Waals surface area contributed by atoms with Gasteiger partial charge in [0.15, 0.2) is 0 Å². The van der Waals surface area contributed by atoms with Gasteiger partial charge in [0.05, 0.1) is 5.58 Å². The maximum absolute atomic E-state index is 6.42. The summed E-state index contributed by atoms with van der Waals surface area (Å²) in [6.07, 6.45) is 8.43. The molecule has 0 fully saturated rings. The van der Waals surface area contributed by atoms with Gasteiger partial charge in [0, 0.05) is 61.1 Å². The first kappa shape index (κ1) is 29.3. The Labute approximate surface area is 260 Å². The fraction of sp³-hybridized carbons (Fsp3) is 0.162. The van der Waals surface area contributed by atoms with Crippen molar-refractivity contribution in [1.29, 1.82) is 0 Å². The smallest absolute Gasteiger partial charge is 0.128 e. The molecule has 0 aliphatic heterocycles. The molecule has 0 aliphatic rings. The third-order valence-corrected chi connectivity index (χ3v) is 7.06. The fourth-order valence-electron chi connectivity index (χ4n) is 5.10.